The van der Waals surface area contributed by atoms with Crippen LogP contribution in [-0.2, 0) is 11.2 Å². The van der Waals surface area contributed by atoms with Crippen molar-refractivity contribution in [1.82, 2.24) is 5.32 Å². The average molecular weight is 350 g/mol. The Morgan fingerprint density at radius 2 is 1.79 bits per heavy atom. The Bertz CT molecular complexity index is 391. The van der Waals surface area contributed by atoms with Gasteiger partial charge in [-0.05, 0) is 30.5 Å². The highest BCUT2D eigenvalue weighted by atomic mass is 79.9. The van der Waals surface area contributed by atoms with Crippen molar-refractivity contribution in [2.75, 3.05) is 6.54 Å². The van der Waals surface area contributed by atoms with Gasteiger partial charge in [0.2, 0.25) is 5.91 Å². The molecule has 0 spiro atoms. The molecular weight excluding hydrogens is 328 g/mol. The van der Waals surface area contributed by atoms with E-state index in [0.29, 0.717) is 13.0 Å². The molecule has 0 fully saturated rings. The van der Waals surface area contributed by atoms with Gasteiger partial charge in [-0.2, -0.15) is 0 Å². The van der Waals surface area contributed by atoms with Crippen molar-refractivity contribution < 1.29 is 4.79 Å². The molecule has 19 heavy (non-hydrogen) atoms. The molecule has 0 aromatic heterocycles. The Balaban J connectivity index is 0.00000324. The first-order chi connectivity index (χ1) is 8.49. The van der Waals surface area contributed by atoms with Gasteiger partial charge < -0.3 is 11.1 Å². The van der Waals surface area contributed by atoms with Gasteiger partial charge in [0.25, 0.3) is 0 Å². The maximum atomic E-state index is 11.8. The summed E-state index contributed by atoms with van der Waals surface area (Å²) >= 11 is 3.37. The lowest BCUT2D eigenvalue weighted by Crippen LogP contribution is -2.49. The minimum absolute atomic E-state index is 0. The van der Waals surface area contributed by atoms with E-state index in [2.05, 4.69) is 21.2 Å². The topological polar surface area (TPSA) is 55.1 Å². The zero-order valence-electron chi connectivity index (χ0n) is 11.4. The first kappa shape index (κ1) is 18.4. The van der Waals surface area contributed by atoms with Gasteiger partial charge >= 0.3 is 0 Å². The van der Waals surface area contributed by atoms with E-state index in [1.54, 1.807) is 0 Å². The molecule has 0 heterocycles. The number of benzene rings is 1. The molecule has 0 unspecified atom stereocenters. The second kappa shape index (κ2) is 8.56. The van der Waals surface area contributed by atoms with Crippen LogP contribution >= 0.6 is 28.3 Å². The van der Waals surface area contributed by atoms with Crippen LogP contribution in [0.15, 0.2) is 28.7 Å². The second-order valence-electron chi connectivity index (χ2n) is 4.65. The van der Waals surface area contributed by atoms with Crippen LogP contribution in [0.5, 0.6) is 0 Å². The highest BCUT2D eigenvalue weighted by Gasteiger charge is 2.20. The minimum atomic E-state index is -0.282. The monoisotopic (exact) mass is 348 g/mol. The number of nitrogens with two attached hydrogens (primary N) is 1. The quantitative estimate of drug-likeness (QED) is 0.829. The van der Waals surface area contributed by atoms with Gasteiger partial charge in [0, 0.05) is 16.6 Å². The van der Waals surface area contributed by atoms with E-state index < -0.39 is 0 Å². The molecule has 1 aromatic rings. The molecular formula is C14H22BrClN2O. The average Bonchev–Trinajstić information content (AvgIpc) is 2.39. The zero-order valence-corrected chi connectivity index (χ0v) is 13.8. The highest BCUT2D eigenvalue weighted by Crippen LogP contribution is 2.12. The normalized spacial score (nSPS) is 10.7. The number of halogens is 2. The van der Waals surface area contributed by atoms with Gasteiger partial charge in [0.1, 0.15) is 0 Å². The number of hydrogen-bond donors (Lipinski definition) is 2. The van der Waals surface area contributed by atoms with Crippen molar-refractivity contribution in [3.05, 3.63) is 34.3 Å². The van der Waals surface area contributed by atoms with Gasteiger partial charge in [-0.1, -0.05) is 41.9 Å². The van der Waals surface area contributed by atoms with Crippen molar-refractivity contribution in [1.29, 1.82) is 0 Å². The Labute approximate surface area is 129 Å². The number of carbonyl (C=O) groups is 1. The lowest BCUT2D eigenvalue weighted by Gasteiger charge is -2.26. The molecule has 1 rings (SSSR count). The fourth-order valence-corrected chi connectivity index (χ4v) is 1.89. The number of amides is 1. The predicted octanol–water partition coefficient (Wildman–Crippen LogP) is 3.05. The van der Waals surface area contributed by atoms with E-state index in [1.165, 1.54) is 0 Å². The summed E-state index contributed by atoms with van der Waals surface area (Å²) in [7, 11) is 0. The van der Waals surface area contributed by atoms with Crippen LogP contribution in [0.1, 0.15) is 32.3 Å². The standard InChI is InChI=1S/C14H21BrN2O.ClH/c1-3-14(16,4-2)10-17-13(18)9-11-5-7-12(15)8-6-11;/h5-8H,3-4,9-10,16H2,1-2H3,(H,17,18);1H. The van der Waals surface area contributed by atoms with E-state index in [1.807, 2.05) is 38.1 Å². The molecule has 0 saturated carbocycles. The molecule has 3 N–H and O–H groups in total. The fraction of sp³-hybridized carbons (Fsp3) is 0.500. The second-order valence-corrected chi connectivity index (χ2v) is 5.57. The summed E-state index contributed by atoms with van der Waals surface area (Å²) in [5, 5.41) is 2.91. The Kier molecular flexibility index (Phi) is 8.30. The molecule has 108 valence electrons. The fourth-order valence-electron chi connectivity index (χ4n) is 1.62. The number of nitrogens with one attached hydrogen (secondary N) is 1. The van der Waals surface area contributed by atoms with E-state index in [0.717, 1.165) is 22.9 Å². The lowest BCUT2D eigenvalue weighted by molar-refractivity contribution is -0.120. The first-order valence-electron chi connectivity index (χ1n) is 6.29. The third-order valence-electron chi connectivity index (χ3n) is 3.32. The molecule has 0 saturated heterocycles. The largest absolute Gasteiger partial charge is 0.354 e. The van der Waals surface area contributed by atoms with Gasteiger partial charge in [-0.3, -0.25) is 4.79 Å². The van der Waals surface area contributed by atoms with Crippen LogP contribution in [0, 0.1) is 0 Å². The smallest absolute Gasteiger partial charge is 0.224 e. The summed E-state index contributed by atoms with van der Waals surface area (Å²) in [5.41, 5.74) is 6.86. The molecule has 1 aromatic carbocycles. The SMILES string of the molecule is CCC(N)(CC)CNC(=O)Cc1ccc(Br)cc1.Cl. The van der Waals surface area contributed by atoms with Crippen LogP contribution in [0.2, 0.25) is 0 Å². The van der Waals surface area contributed by atoms with Crippen molar-refractivity contribution in [2.24, 2.45) is 5.73 Å². The van der Waals surface area contributed by atoms with Crippen LogP contribution in [0.25, 0.3) is 0 Å². The summed E-state index contributed by atoms with van der Waals surface area (Å²) in [4.78, 5) is 11.8. The molecule has 1 amide bonds. The van der Waals surface area contributed by atoms with Gasteiger partial charge in [0.05, 0.1) is 6.42 Å². The maximum Gasteiger partial charge on any atom is 0.224 e. The number of carbonyl (C=O) groups excluding carboxylic acids is 1. The molecule has 0 atom stereocenters. The van der Waals surface area contributed by atoms with Gasteiger partial charge in [-0.25, -0.2) is 0 Å². The first-order valence-corrected chi connectivity index (χ1v) is 7.08. The predicted molar refractivity (Wildman–Crippen MR) is 85.6 cm³/mol. The zero-order chi connectivity index (χ0) is 13.6. The van der Waals surface area contributed by atoms with E-state index in [-0.39, 0.29) is 23.9 Å². The van der Waals surface area contributed by atoms with Crippen molar-refractivity contribution in [3.8, 4) is 0 Å². The summed E-state index contributed by atoms with van der Waals surface area (Å²) in [6.07, 6.45) is 2.13. The summed E-state index contributed by atoms with van der Waals surface area (Å²) < 4.78 is 1.02. The molecule has 0 aliphatic heterocycles. The van der Waals surface area contributed by atoms with Crippen LogP contribution in [0.3, 0.4) is 0 Å². The van der Waals surface area contributed by atoms with Crippen molar-refractivity contribution in [3.63, 3.8) is 0 Å². The summed E-state index contributed by atoms with van der Waals surface area (Å²) in [6.45, 7) is 4.63. The van der Waals surface area contributed by atoms with Crippen LogP contribution < -0.4 is 11.1 Å². The number of hydrogen-bond acceptors (Lipinski definition) is 2. The van der Waals surface area contributed by atoms with Gasteiger partial charge in [0.15, 0.2) is 0 Å². The molecule has 0 aliphatic rings. The molecule has 0 radical (unpaired) electrons. The molecule has 0 bridgehead atoms. The third kappa shape index (κ3) is 6.41. The highest BCUT2D eigenvalue weighted by molar-refractivity contribution is 9.10. The van der Waals surface area contributed by atoms with E-state index >= 15 is 0 Å². The molecule has 0 aliphatic carbocycles. The van der Waals surface area contributed by atoms with E-state index in [4.69, 9.17) is 5.73 Å². The summed E-state index contributed by atoms with van der Waals surface area (Å²) in [5.74, 6) is 0.0223. The third-order valence-corrected chi connectivity index (χ3v) is 3.85. The molecule has 3 nitrogen and oxygen atoms in total. The minimum Gasteiger partial charge on any atom is -0.354 e. The Morgan fingerprint density at radius 3 is 2.26 bits per heavy atom. The van der Waals surface area contributed by atoms with Crippen molar-refractivity contribution in [2.45, 2.75) is 38.6 Å². The van der Waals surface area contributed by atoms with Crippen LogP contribution in [0.4, 0.5) is 0 Å². The number of rotatable bonds is 6. The Hall–Kier alpha value is -0.580. The maximum absolute atomic E-state index is 11.8. The Morgan fingerprint density at radius 1 is 1.26 bits per heavy atom. The van der Waals surface area contributed by atoms with E-state index in [9.17, 15) is 4.79 Å². The van der Waals surface area contributed by atoms with Crippen LogP contribution in [-0.4, -0.2) is 18.0 Å². The molecule has 5 heteroatoms. The van der Waals surface area contributed by atoms with Crippen molar-refractivity contribution >= 4 is 34.2 Å². The summed E-state index contributed by atoms with van der Waals surface area (Å²) in [6, 6.07) is 7.76. The van der Waals surface area contributed by atoms with Gasteiger partial charge in [-0.15, -0.1) is 12.4 Å². The lowest BCUT2D eigenvalue weighted by atomic mass is 9.94.